The molecule has 8 heteroatoms. The van der Waals surface area contributed by atoms with Gasteiger partial charge < -0.3 is 10.2 Å². The van der Waals surface area contributed by atoms with Crippen LogP contribution in [0.2, 0.25) is 0 Å². The minimum Gasteiger partial charge on any atom is -0.353 e. The van der Waals surface area contributed by atoms with Gasteiger partial charge in [-0.05, 0) is 57.3 Å². The van der Waals surface area contributed by atoms with Crippen LogP contribution in [0.15, 0.2) is 0 Å². The molecule has 3 saturated carbocycles. The van der Waals surface area contributed by atoms with Crippen molar-refractivity contribution in [3.63, 3.8) is 0 Å². The van der Waals surface area contributed by atoms with Crippen LogP contribution in [0, 0.1) is 11.3 Å². The van der Waals surface area contributed by atoms with E-state index in [1.165, 1.54) is 12.8 Å². The summed E-state index contributed by atoms with van der Waals surface area (Å²) in [7, 11) is -1.71. The largest absolute Gasteiger partial charge is 0.353 e. The lowest BCUT2D eigenvalue weighted by atomic mass is 9.71. The predicted octanol–water partition coefficient (Wildman–Crippen LogP) is 1.39. The van der Waals surface area contributed by atoms with Gasteiger partial charge in [0.05, 0.1) is 11.8 Å². The van der Waals surface area contributed by atoms with Crippen LogP contribution in [0.5, 0.6) is 0 Å². The molecule has 1 atom stereocenters. The van der Waals surface area contributed by atoms with Crippen molar-refractivity contribution < 1.29 is 18.0 Å². The fourth-order valence-corrected chi connectivity index (χ4v) is 5.72. The Kier molecular flexibility index (Phi) is 5.87. The van der Waals surface area contributed by atoms with Crippen LogP contribution in [-0.2, 0) is 19.6 Å². The number of nitrogens with one attached hydrogen (secondary N) is 2. The van der Waals surface area contributed by atoms with E-state index in [9.17, 15) is 18.0 Å². The number of hydrogen-bond acceptors (Lipinski definition) is 4. The minimum atomic E-state index is -3.43. The number of unbranched alkanes of at least 4 members (excludes halogenated alkanes) is 1. The molecule has 0 aromatic heterocycles. The molecule has 3 rings (SSSR count). The van der Waals surface area contributed by atoms with Gasteiger partial charge in [-0.2, -0.15) is 0 Å². The van der Waals surface area contributed by atoms with Crippen LogP contribution >= 0.6 is 0 Å². The molecule has 7 nitrogen and oxygen atoms in total. The molecule has 27 heavy (non-hydrogen) atoms. The lowest BCUT2D eigenvalue weighted by Gasteiger charge is -2.43. The SMILES string of the molecule is CCCCS(=O)(=O)NC(C)C(=O)N(C)C1CC(NC(=O)C2CC3(CC3)C2)C1. The zero-order chi connectivity index (χ0) is 19.8. The average molecular weight is 400 g/mol. The first-order chi connectivity index (χ1) is 12.6. The lowest BCUT2D eigenvalue weighted by Crippen LogP contribution is -2.58. The van der Waals surface area contributed by atoms with E-state index in [4.69, 9.17) is 0 Å². The summed E-state index contributed by atoms with van der Waals surface area (Å²) in [6, 6.07) is -0.582. The summed E-state index contributed by atoms with van der Waals surface area (Å²) >= 11 is 0. The third kappa shape index (κ3) is 4.83. The van der Waals surface area contributed by atoms with Gasteiger partial charge >= 0.3 is 0 Å². The van der Waals surface area contributed by atoms with E-state index in [2.05, 4.69) is 10.0 Å². The van der Waals surface area contributed by atoms with Crippen molar-refractivity contribution in [3.8, 4) is 0 Å². The van der Waals surface area contributed by atoms with Gasteiger partial charge in [0.1, 0.15) is 0 Å². The number of amides is 2. The summed E-state index contributed by atoms with van der Waals surface area (Å²) < 4.78 is 26.4. The number of hydrogen-bond donors (Lipinski definition) is 2. The molecule has 0 bridgehead atoms. The molecule has 3 aliphatic rings. The van der Waals surface area contributed by atoms with Crippen molar-refractivity contribution >= 4 is 21.8 Å². The number of carbonyl (C=O) groups is 2. The maximum absolute atomic E-state index is 12.5. The molecule has 2 amide bonds. The van der Waals surface area contributed by atoms with E-state index in [1.807, 2.05) is 6.92 Å². The maximum Gasteiger partial charge on any atom is 0.240 e. The molecule has 0 saturated heterocycles. The molecule has 0 radical (unpaired) electrons. The number of nitrogens with zero attached hydrogens (tertiary/aromatic N) is 1. The van der Waals surface area contributed by atoms with Crippen LogP contribution in [0.3, 0.4) is 0 Å². The third-order valence-corrected chi connectivity index (χ3v) is 8.07. The summed E-state index contributed by atoms with van der Waals surface area (Å²) in [5, 5.41) is 3.11. The predicted molar refractivity (Wildman–Crippen MR) is 103 cm³/mol. The molecule has 3 aliphatic carbocycles. The van der Waals surface area contributed by atoms with Gasteiger partial charge in [-0.1, -0.05) is 13.3 Å². The third-order valence-electron chi connectivity index (χ3n) is 6.54. The first-order valence-electron chi connectivity index (χ1n) is 10.2. The molecule has 2 N–H and O–H groups in total. The molecule has 1 unspecified atom stereocenters. The first-order valence-corrected chi connectivity index (χ1v) is 11.9. The van der Waals surface area contributed by atoms with Crippen LogP contribution < -0.4 is 10.0 Å². The van der Waals surface area contributed by atoms with Crippen molar-refractivity contribution in [2.24, 2.45) is 11.3 Å². The highest BCUT2D eigenvalue weighted by Crippen LogP contribution is 2.63. The lowest BCUT2D eigenvalue weighted by molar-refractivity contribution is -0.136. The molecule has 0 heterocycles. The zero-order valence-corrected chi connectivity index (χ0v) is 17.5. The van der Waals surface area contributed by atoms with E-state index in [-0.39, 0.29) is 35.6 Å². The summed E-state index contributed by atoms with van der Waals surface area (Å²) in [5.41, 5.74) is 0.525. The van der Waals surface area contributed by atoms with E-state index in [0.29, 0.717) is 11.8 Å². The topological polar surface area (TPSA) is 95.6 Å². The molecular formula is C19H33N3O4S. The van der Waals surface area contributed by atoms with Gasteiger partial charge in [0, 0.05) is 25.0 Å². The normalized spacial score (nSPS) is 27.4. The maximum atomic E-state index is 12.5. The molecule has 154 valence electrons. The number of rotatable bonds is 9. The Balaban J connectivity index is 1.37. The van der Waals surface area contributed by atoms with Gasteiger partial charge in [-0.15, -0.1) is 0 Å². The zero-order valence-electron chi connectivity index (χ0n) is 16.7. The summed E-state index contributed by atoms with van der Waals surface area (Å²) in [6.07, 6.45) is 7.51. The van der Waals surface area contributed by atoms with Crippen LogP contribution in [0.25, 0.3) is 0 Å². The van der Waals surface area contributed by atoms with Gasteiger partial charge in [-0.3, -0.25) is 9.59 Å². The molecule has 1 spiro atoms. The molecule has 0 aromatic rings. The smallest absolute Gasteiger partial charge is 0.240 e. The summed E-state index contributed by atoms with van der Waals surface area (Å²) in [5.74, 6) is 0.176. The quantitative estimate of drug-likeness (QED) is 0.612. The first kappa shape index (κ1) is 20.6. The van der Waals surface area contributed by atoms with Gasteiger partial charge in [-0.25, -0.2) is 13.1 Å². The minimum absolute atomic E-state index is 0.0464. The Morgan fingerprint density at radius 1 is 1.22 bits per heavy atom. The van der Waals surface area contributed by atoms with Crippen molar-refractivity contribution in [2.75, 3.05) is 12.8 Å². The summed E-state index contributed by atoms with van der Waals surface area (Å²) in [6.45, 7) is 3.52. The molecular weight excluding hydrogens is 366 g/mol. The highest BCUT2D eigenvalue weighted by atomic mass is 32.2. The Morgan fingerprint density at radius 3 is 2.41 bits per heavy atom. The van der Waals surface area contributed by atoms with Gasteiger partial charge in [0.15, 0.2) is 0 Å². The Bertz CT molecular complexity index is 675. The molecule has 0 aliphatic heterocycles. The standard InChI is InChI=1S/C19H33N3O4S/c1-4-5-8-27(25,26)21-13(2)18(24)22(3)16-9-15(10-16)20-17(23)14-11-19(12-14)6-7-19/h13-16,21H,4-12H2,1-3H3,(H,20,23). The number of carbonyl (C=O) groups excluding carboxylic acids is 2. The Hall–Kier alpha value is -1.15. The average Bonchev–Trinajstić information content (AvgIpc) is 3.33. The number of sulfonamides is 1. The van der Waals surface area contributed by atoms with Crippen LogP contribution in [0.4, 0.5) is 0 Å². The Labute approximate surface area is 162 Å². The Morgan fingerprint density at radius 2 is 1.85 bits per heavy atom. The summed E-state index contributed by atoms with van der Waals surface area (Å²) in [4.78, 5) is 26.4. The second-order valence-electron chi connectivity index (χ2n) is 8.90. The molecule has 3 fully saturated rings. The van der Waals surface area contributed by atoms with Crippen molar-refractivity contribution in [1.82, 2.24) is 14.9 Å². The highest BCUT2D eigenvalue weighted by Gasteiger charge is 2.55. The molecule has 0 aromatic carbocycles. The van der Waals surface area contributed by atoms with E-state index >= 15 is 0 Å². The second-order valence-corrected chi connectivity index (χ2v) is 10.8. The van der Waals surface area contributed by atoms with Crippen LogP contribution in [-0.4, -0.2) is 56.1 Å². The van der Waals surface area contributed by atoms with E-state index < -0.39 is 16.1 Å². The fourth-order valence-electron chi connectivity index (χ4n) is 4.30. The fraction of sp³-hybridized carbons (Fsp3) is 0.895. The number of likely N-dealkylation sites (N-methyl/N-ethyl adjacent to an activating group) is 1. The second kappa shape index (κ2) is 7.70. The van der Waals surface area contributed by atoms with Crippen LogP contribution in [0.1, 0.15) is 65.2 Å². The van der Waals surface area contributed by atoms with Gasteiger partial charge in [0.2, 0.25) is 21.8 Å². The van der Waals surface area contributed by atoms with E-state index in [1.54, 1.807) is 18.9 Å². The van der Waals surface area contributed by atoms with Crippen molar-refractivity contribution in [1.29, 1.82) is 0 Å². The van der Waals surface area contributed by atoms with Crippen molar-refractivity contribution in [2.45, 2.75) is 83.3 Å². The van der Waals surface area contributed by atoms with Crippen molar-refractivity contribution in [3.05, 3.63) is 0 Å². The highest BCUT2D eigenvalue weighted by molar-refractivity contribution is 7.89. The van der Waals surface area contributed by atoms with E-state index in [0.717, 1.165) is 32.1 Å². The van der Waals surface area contributed by atoms with Gasteiger partial charge in [0.25, 0.3) is 0 Å². The monoisotopic (exact) mass is 399 g/mol.